The van der Waals surface area contributed by atoms with Gasteiger partial charge in [0.2, 0.25) is 0 Å². The standard InChI is InChI=1S/C16H12N2O4S/c1-9-6-7-12(18(21)22)11(8-9)17-15-14(16(19)20)10-4-2-3-5-13(10)23-15/h2-8,17H,1H3,(H,19,20). The second kappa shape index (κ2) is 5.69. The Bertz CT molecular complexity index is 933. The molecule has 2 aromatic carbocycles. The van der Waals surface area contributed by atoms with Crippen LogP contribution in [0.1, 0.15) is 15.9 Å². The first-order chi connectivity index (χ1) is 11.0. The minimum absolute atomic E-state index is 0.0932. The molecule has 0 saturated heterocycles. The van der Waals surface area contributed by atoms with Gasteiger partial charge in [-0.2, -0.15) is 0 Å². The Morgan fingerprint density at radius 2 is 2.00 bits per heavy atom. The minimum Gasteiger partial charge on any atom is -0.478 e. The molecule has 116 valence electrons. The molecule has 6 nitrogen and oxygen atoms in total. The first-order valence-corrected chi connectivity index (χ1v) is 7.56. The van der Waals surface area contributed by atoms with Crippen LogP contribution in [0.3, 0.4) is 0 Å². The number of nitrogens with zero attached hydrogens (tertiary/aromatic N) is 1. The van der Waals surface area contributed by atoms with Gasteiger partial charge in [0.05, 0.1) is 4.92 Å². The van der Waals surface area contributed by atoms with Crippen LogP contribution < -0.4 is 5.32 Å². The number of benzene rings is 2. The largest absolute Gasteiger partial charge is 0.478 e. The number of rotatable bonds is 4. The number of thiophene rings is 1. The molecule has 0 amide bonds. The number of hydrogen-bond acceptors (Lipinski definition) is 5. The van der Waals surface area contributed by atoms with Gasteiger partial charge in [0.25, 0.3) is 5.69 Å². The average molecular weight is 328 g/mol. The van der Waals surface area contributed by atoms with Gasteiger partial charge in [0, 0.05) is 16.2 Å². The van der Waals surface area contributed by atoms with Crippen LogP contribution in [0.5, 0.6) is 0 Å². The predicted molar refractivity (Wildman–Crippen MR) is 89.9 cm³/mol. The Labute approximate surface area is 135 Å². The molecule has 0 aliphatic carbocycles. The van der Waals surface area contributed by atoms with Crippen molar-refractivity contribution >= 4 is 43.8 Å². The Kier molecular flexibility index (Phi) is 3.71. The van der Waals surface area contributed by atoms with Gasteiger partial charge in [-0.15, -0.1) is 11.3 Å². The number of nitrogens with one attached hydrogen (secondary N) is 1. The van der Waals surface area contributed by atoms with Crippen LogP contribution in [0.25, 0.3) is 10.1 Å². The minimum atomic E-state index is -1.07. The SMILES string of the molecule is Cc1ccc([N+](=O)[O-])c(Nc2sc3ccccc3c2C(=O)O)c1. The fraction of sp³-hybridized carbons (Fsp3) is 0.0625. The summed E-state index contributed by atoms with van der Waals surface area (Å²) in [5.41, 5.74) is 1.16. The quantitative estimate of drug-likeness (QED) is 0.541. The molecule has 23 heavy (non-hydrogen) atoms. The number of carboxylic acids is 1. The summed E-state index contributed by atoms with van der Waals surface area (Å²) in [7, 11) is 0. The normalized spacial score (nSPS) is 10.7. The summed E-state index contributed by atoms with van der Waals surface area (Å²) in [4.78, 5) is 22.3. The van der Waals surface area contributed by atoms with Gasteiger partial charge in [-0.25, -0.2) is 4.79 Å². The second-order valence-electron chi connectivity index (χ2n) is 5.01. The average Bonchev–Trinajstić information content (AvgIpc) is 2.84. The summed E-state index contributed by atoms with van der Waals surface area (Å²) in [5, 5.41) is 24.6. The van der Waals surface area contributed by atoms with Crippen molar-refractivity contribution in [1.29, 1.82) is 0 Å². The van der Waals surface area contributed by atoms with E-state index in [1.54, 1.807) is 24.3 Å². The highest BCUT2D eigenvalue weighted by Gasteiger charge is 2.21. The first kappa shape index (κ1) is 15.0. The smallest absolute Gasteiger partial charge is 0.339 e. The summed E-state index contributed by atoms with van der Waals surface area (Å²) in [6.07, 6.45) is 0. The highest BCUT2D eigenvalue weighted by atomic mass is 32.1. The maximum absolute atomic E-state index is 11.6. The number of nitro benzene ring substituents is 1. The topological polar surface area (TPSA) is 92.5 Å². The van der Waals surface area contributed by atoms with Gasteiger partial charge >= 0.3 is 5.97 Å². The Morgan fingerprint density at radius 3 is 2.70 bits per heavy atom. The van der Waals surface area contributed by atoms with E-state index in [1.165, 1.54) is 17.4 Å². The molecule has 0 fully saturated rings. The third-order valence-corrected chi connectivity index (χ3v) is 4.49. The van der Waals surface area contributed by atoms with E-state index in [0.717, 1.165) is 10.3 Å². The number of nitro groups is 1. The van der Waals surface area contributed by atoms with E-state index in [9.17, 15) is 20.0 Å². The van der Waals surface area contributed by atoms with Crippen LogP contribution in [0.2, 0.25) is 0 Å². The van der Waals surface area contributed by atoms with Crippen LogP contribution in [-0.4, -0.2) is 16.0 Å². The lowest BCUT2D eigenvalue weighted by atomic mass is 10.1. The van der Waals surface area contributed by atoms with Gasteiger partial charge in [-0.3, -0.25) is 10.1 Å². The van der Waals surface area contributed by atoms with E-state index in [2.05, 4.69) is 5.32 Å². The van der Waals surface area contributed by atoms with E-state index < -0.39 is 10.9 Å². The fourth-order valence-corrected chi connectivity index (χ4v) is 3.48. The zero-order valence-corrected chi connectivity index (χ0v) is 12.9. The summed E-state index contributed by atoms with van der Waals surface area (Å²) >= 11 is 1.26. The number of carboxylic acid groups (broad SMARTS) is 1. The van der Waals surface area contributed by atoms with Crippen molar-refractivity contribution < 1.29 is 14.8 Å². The molecule has 3 aromatic rings. The molecule has 0 unspecified atom stereocenters. The lowest BCUT2D eigenvalue weighted by molar-refractivity contribution is -0.383. The van der Waals surface area contributed by atoms with Crippen LogP contribution in [0, 0.1) is 17.0 Å². The van der Waals surface area contributed by atoms with Crippen molar-refractivity contribution in [2.24, 2.45) is 0 Å². The number of aromatic carboxylic acids is 1. The molecular formula is C16H12N2O4S. The van der Waals surface area contributed by atoms with Crippen molar-refractivity contribution in [1.82, 2.24) is 0 Å². The zero-order valence-electron chi connectivity index (χ0n) is 12.1. The number of fused-ring (bicyclic) bond motifs is 1. The van der Waals surface area contributed by atoms with Crippen LogP contribution >= 0.6 is 11.3 Å². The second-order valence-corrected chi connectivity index (χ2v) is 6.06. The number of aryl methyl sites for hydroxylation is 1. The third kappa shape index (κ3) is 2.74. The van der Waals surface area contributed by atoms with Crippen LogP contribution in [0.15, 0.2) is 42.5 Å². The van der Waals surface area contributed by atoms with Crippen molar-refractivity contribution in [3.8, 4) is 0 Å². The monoisotopic (exact) mass is 328 g/mol. The molecule has 1 aromatic heterocycles. The fourth-order valence-electron chi connectivity index (χ4n) is 2.38. The summed E-state index contributed by atoms with van der Waals surface area (Å²) in [6.45, 7) is 1.82. The molecular weight excluding hydrogens is 316 g/mol. The highest BCUT2D eigenvalue weighted by molar-refractivity contribution is 7.23. The number of hydrogen-bond donors (Lipinski definition) is 2. The zero-order chi connectivity index (χ0) is 16.6. The molecule has 2 N–H and O–H groups in total. The molecule has 0 aliphatic heterocycles. The lowest BCUT2D eigenvalue weighted by Crippen LogP contribution is -2.02. The van der Waals surface area contributed by atoms with Gasteiger partial charge in [0.1, 0.15) is 16.3 Å². The molecule has 0 radical (unpaired) electrons. The summed E-state index contributed by atoms with van der Waals surface area (Å²) in [5.74, 6) is -1.07. The maximum atomic E-state index is 11.6. The molecule has 0 atom stereocenters. The number of carbonyl (C=O) groups is 1. The van der Waals surface area contributed by atoms with Gasteiger partial charge in [-0.05, 0) is 24.6 Å². The van der Waals surface area contributed by atoms with Gasteiger partial charge < -0.3 is 10.4 Å². The van der Waals surface area contributed by atoms with E-state index >= 15 is 0 Å². The Balaban J connectivity index is 2.16. The third-order valence-electron chi connectivity index (χ3n) is 3.41. The molecule has 0 bridgehead atoms. The van der Waals surface area contributed by atoms with Gasteiger partial charge in [0.15, 0.2) is 0 Å². The van der Waals surface area contributed by atoms with E-state index in [-0.39, 0.29) is 16.9 Å². The predicted octanol–water partition coefficient (Wildman–Crippen LogP) is 4.56. The molecule has 0 aliphatic rings. The molecule has 3 rings (SSSR count). The van der Waals surface area contributed by atoms with Crippen molar-refractivity contribution in [3.05, 3.63) is 63.7 Å². The first-order valence-electron chi connectivity index (χ1n) is 6.74. The molecule has 0 saturated carbocycles. The summed E-state index contributed by atoms with van der Waals surface area (Å²) in [6, 6.07) is 11.8. The van der Waals surface area contributed by atoms with Crippen molar-refractivity contribution in [2.45, 2.75) is 6.92 Å². The molecule has 0 spiro atoms. The molecule has 7 heteroatoms. The van der Waals surface area contributed by atoms with E-state index in [1.807, 2.05) is 19.1 Å². The van der Waals surface area contributed by atoms with E-state index in [4.69, 9.17) is 0 Å². The van der Waals surface area contributed by atoms with Crippen LogP contribution in [-0.2, 0) is 0 Å². The summed E-state index contributed by atoms with van der Waals surface area (Å²) < 4.78 is 0.808. The van der Waals surface area contributed by atoms with Crippen molar-refractivity contribution in [3.63, 3.8) is 0 Å². The maximum Gasteiger partial charge on any atom is 0.339 e. The van der Waals surface area contributed by atoms with E-state index in [0.29, 0.717) is 10.4 Å². The highest BCUT2D eigenvalue weighted by Crippen LogP contribution is 2.39. The Hall–Kier alpha value is -2.93. The Morgan fingerprint density at radius 1 is 1.26 bits per heavy atom. The lowest BCUT2D eigenvalue weighted by Gasteiger charge is -2.07. The van der Waals surface area contributed by atoms with Crippen molar-refractivity contribution in [2.75, 3.05) is 5.32 Å². The van der Waals surface area contributed by atoms with Gasteiger partial charge in [-0.1, -0.05) is 24.3 Å². The van der Waals surface area contributed by atoms with Crippen LogP contribution in [0.4, 0.5) is 16.4 Å². The number of anilines is 2. The molecule has 1 heterocycles.